The highest BCUT2D eigenvalue weighted by Crippen LogP contribution is 2.22. The van der Waals surface area contributed by atoms with Crippen LogP contribution in [-0.4, -0.2) is 43.3 Å². The van der Waals surface area contributed by atoms with Crippen molar-refractivity contribution in [2.45, 2.75) is 33.6 Å². The van der Waals surface area contributed by atoms with Crippen LogP contribution in [0.4, 0.5) is 4.79 Å². The van der Waals surface area contributed by atoms with E-state index in [1.165, 1.54) is 4.90 Å². The molecule has 108 valence electrons. The van der Waals surface area contributed by atoms with Crippen LogP contribution in [0.1, 0.15) is 33.6 Å². The minimum Gasteiger partial charge on any atom is -0.484 e. The van der Waals surface area contributed by atoms with Crippen LogP contribution >= 0.6 is 0 Å². The topological polar surface area (TPSA) is 65.1 Å². The van der Waals surface area contributed by atoms with E-state index in [1.807, 2.05) is 13.8 Å². The summed E-state index contributed by atoms with van der Waals surface area (Å²) in [7, 11) is 0. The molecule has 6 heteroatoms. The van der Waals surface area contributed by atoms with Gasteiger partial charge in [0.25, 0.3) is 0 Å². The Bertz CT molecular complexity index is 360. The molecule has 0 unspecified atom stereocenters. The molecular weight excluding hydrogens is 250 g/mol. The molecule has 0 aromatic heterocycles. The molecular formula is C13H21NO5. The van der Waals surface area contributed by atoms with Crippen molar-refractivity contribution in [3.05, 3.63) is 11.5 Å². The monoisotopic (exact) mass is 271 g/mol. The Morgan fingerprint density at radius 1 is 1.26 bits per heavy atom. The predicted octanol–water partition coefficient (Wildman–Crippen LogP) is 2.05. The van der Waals surface area contributed by atoms with E-state index in [2.05, 4.69) is 0 Å². The Balaban J connectivity index is 2.80. The van der Waals surface area contributed by atoms with Gasteiger partial charge in [-0.3, -0.25) is 0 Å². The standard InChI is InChI=1S/C13H21NO5/c1-4-14(5-2)13(16)19-10-8-7-9-18-11(10)12(15)17-6-3/h4-9H2,1-3H3. The number of hydrogen-bond donors (Lipinski definition) is 0. The maximum Gasteiger partial charge on any atom is 0.415 e. The van der Waals surface area contributed by atoms with Gasteiger partial charge in [0.2, 0.25) is 5.76 Å². The summed E-state index contributed by atoms with van der Waals surface area (Å²) >= 11 is 0. The van der Waals surface area contributed by atoms with Crippen molar-refractivity contribution in [1.82, 2.24) is 4.90 Å². The van der Waals surface area contributed by atoms with Gasteiger partial charge in [0.15, 0.2) is 5.76 Å². The van der Waals surface area contributed by atoms with Crippen molar-refractivity contribution in [3.63, 3.8) is 0 Å². The van der Waals surface area contributed by atoms with Crippen molar-refractivity contribution >= 4 is 12.1 Å². The summed E-state index contributed by atoms with van der Waals surface area (Å²) in [4.78, 5) is 25.1. The summed E-state index contributed by atoms with van der Waals surface area (Å²) in [6.07, 6.45) is 0.748. The van der Waals surface area contributed by atoms with E-state index in [0.717, 1.165) is 0 Å². The quantitative estimate of drug-likeness (QED) is 0.716. The number of rotatable bonds is 5. The van der Waals surface area contributed by atoms with E-state index in [9.17, 15) is 9.59 Å². The fraction of sp³-hybridized carbons (Fsp3) is 0.692. The van der Waals surface area contributed by atoms with Gasteiger partial charge in [-0.15, -0.1) is 0 Å². The molecule has 1 rings (SSSR count). The third-order valence-corrected chi connectivity index (χ3v) is 2.74. The summed E-state index contributed by atoms with van der Waals surface area (Å²) in [6.45, 7) is 7.23. The van der Waals surface area contributed by atoms with Gasteiger partial charge in [0, 0.05) is 19.5 Å². The van der Waals surface area contributed by atoms with E-state index < -0.39 is 12.1 Å². The number of hydrogen-bond acceptors (Lipinski definition) is 5. The van der Waals surface area contributed by atoms with E-state index in [4.69, 9.17) is 14.2 Å². The van der Waals surface area contributed by atoms with Gasteiger partial charge in [-0.05, 0) is 27.2 Å². The molecule has 0 N–H and O–H groups in total. The number of allylic oxidation sites excluding steroid dienone is 1. The van der Waals surface area contributed by atoms with Crippen LogP contribution in [0, 0.1) is 0 Å². The highest BCUT2D eigenvalue weighted by Gasteiger charge is 2.26. The van der Waals surface area contributed by atoms with Crippen LogP contribution in [0.2, 0.25) is 0 Å². The first-order valence-electron chi connectivity index (χ1n) is 6.63. The summed E-state index contributed by atoms with van der Waals surface area (Å²) in [5.41, 5.74) is 0. The van der Waals surface area contributed by atoms with Crippen molar-refractivity contribution < 1.29 is 23.8 Å². The molecule has 0 fully saturated rings. The van der Waals surface area contributed by atoms with E-state index >= 15 is 0 Å². The first-order chi connectivity index (χ1) is 9.13. The predicted molar refractivity (Wildman–Crippen MR) is 68.2 cm³/mol. The molecule has 0 saturated heterocycles. The van der Waals surface area contributed by atoms with Gasteiger partial charge in [-0.25, -0.2) is 9.59 Å². The Morgan fingerprint density at radius 2 is 1.95 bits per heavy atom. The molecule has 0 aliphatic carbocycles. The first kappa shape index (κ1) is 15.3. The van der Waals surface area contributed by atoms with Crippen molar-refractivity contribution in [2.24, 2.45) is 0 Å². The summed E-state index contributed by atoms with van der Waals surface area (Å²) in [6, 6.07) is 0. The molecule has 0 radical (unpaired) electrons. The normalized spacial score (nSPS) is 14.7. The lowest BCUT2D eigenvalue weighted by Crippen LogP contribution is -2.32. The zero-order chi connectivity index (χ0) is 14.3. The third-order valence-electron chi connectivity index (χ3n) is 2.74. The fourth-order valence-electron chi connectivity index (χ4n) is 1.72. The van der Waals surface area contributed by atoms with Gasteiger partial charge >= 0.3 is 12.1 Å². The molecule has 1 heterocycles. The second-order valence-corrected chi connectivity index (χ2v) is 3.97. The summed E-state index contributed by atoms with van der Waals surface area (Å²) in [5.74, 6) is -0.292. The minimum atomic E-state index is -0.579. The number of amides is 1. The minimum absolute atomic E-state index is 0.0219. The fourth-order valence-corrected chi connectivity index (χ4v) is 1.72. The van der Waals surface area contributed by atoms with Crippen LogP contribution in [0.3, 0.4) is 0 Å². The van der Waals surface area contributed by atoms with Crippen LogP contribution in [0.25, 0.3) is 0 Å². The highest BCUT2D eigenvalue weighted by molar-refractivity contribution is 5.87. The molecule has 0 atom stereocenters. The third kappa shape index (κ3) is 4.15. The summed E-state index contributed by atoms with van der Waals surface area (Å²) in [5, 5.41) is 0. The molecule has 1 aliphatic heterocycles. The van der Waals surface area contributed by atoms with Crippen LogP contribution in [-0.2, 0) is 19.0 Å². The molecule has 0 saturated carbocycles. The van der Waals surface area contributed by atoms with Gasteiger partial charge in [0.1, 0.15) is 0 Å². The average Bonchev–Trinajstić information content (AvgIpc) is 2.41. The number of carbonyl (C=O) groups is 2. The molecule has 0 aromatic carbocycles. The zero-order valence-corrected chi connectivity index (χ0v) is 11.7. The van der Waals surface area contributed by atoms with Gasteiger partial charge < -0.3 is 19.1 Å². The maximum atomic E-state index is 11.9. The lowest BCUT2D eigenvalue weighted by atomic mass is 10.2. The number of esters is 1. The molecule has 0 bridgehead atoms. The lowest BCUT2D eigenvalue weighted by molar-refractivity contribution is -0.143. The second-order valence-electron chi connectivity index (χ2n) is 3.97. The zero-order valence-electron chi connectivity index (χ0n) is 11.7. The van der Waals surface area contributed by atoms with Crippen LogP contribution in [0.15, 0.2) is 11.5 Å². The van der Waals surface area contributed by atoms with E-state index in [0.29, 0.717) is 32.5 Å². The SMILES string of the molecule is CCOC(=O)C1=C(OC(=O)N(CC)CC)CCCO1. The smallest absolute Gasteiger partial charge is 0.415 e. The van der Waals surface area contributed by atoms with Crippen LogP contribution < -0.4 is 0 Å². The lowest BCUT2D eigenvalue weighted by Gasteiger charge is -2.23. The van der Waals surface area contributed by atoms with Crippen molar-refractivity contribution in [3.8, 4) is 0 Å². The number of nitrogens with zero attached hydrogens (tertiary/aromatic N) is 1. The molecule has 0 spiro atoms. The summed E-state index contributed by atoms with van der Waals surface area (Å²) < 4.78 is 15.4. The maximum absolute atomic E-state index is 11.9. The van der Waals surface area contributed by atoms with Crippen molar-refractivity contribution in [2.75, 3.05) is 26.3 Å². The first-order valence-corrected chi connectivity index (χ1v) is 6.63. The highest BCUT2D eigenvalue weighted by atomic mass is 16.6. The molecule has 1 amide bonds. The molecule has 1 aliphatic rings. The van der Waals surface area contributed by atoms with Gasteiger partial charge in [-0.1, -0.05) is 0 Å². The van der Waals surface area contributed by atoms with Gasteiger partial charge in [0.05, 0.1) is 13.2 Å². The Labute approximate surface area is 113 Å². The Morgan fingerprint density at radius 3 is 2.53 bits per heavy atom. The molecule has 19 heavy (non-hydrogen) atoms. The van der Waals surface area contributed by atoms with E-state index in [-0.39, 0.29) is 18.1 Å². The second kappa shape index (κ2) is 7.66. The van der Waals surface area contributed by atoms with Crippen LogP contribution in [0.5, 0.6) is 0 Å². The molecule has 0 aromatic rings. The van der Waals surface area contributed by atoms with Gasteiger partial charge in [-0.2, -0.15) is 0 Å². The average molecular weight is 271 g/mol. The largest absolute Gasteiger partial charge is 0.484 e. The number of ether oxygens (including phenoxy) is 3. The Hall–Kier alpha value is -1.72. The molecule has 6 nitrogen and oxygen atoms in total. The van der Waals surface area contributed by atoms with E-state index in [1.54, 1.807) is 6.92 Å². The van der Waals surface area contributed by atoms with Crippen molar-refractivity contribution in [1.29, 1.82) is 0 Å². The Kier molecular flexibility index (Phi) is 6.18. The number of carbonyl (C=O) groups excluding carboxylic acids is 2.